The Balaban J connectivity index is 0.000000657. The number of nitro groups is 2. The molecule has 0 saturated heterocycles. The van der Waals surface area contributed by atoms with Crippen LogP contribution in [0.2, 0.25) is 0 Å². The first-order chi connectivity index (χ1) is 18.9. The summed E-state index contributed by atoms with van der Waals surface area (Å²) in [6.07, 6.45) is 4.07. The number of non-ortho nitro benzene ring substituents is 2. The predicted octanol–water partition coefficient (Wildman–Crippen LogP) is 7.66. The van der Waals surface area contributed by atoms with Crippen molar-refractivity contribution in [2.45, 2.75) is 78.6 Å². The number of unbranched alkanes of at least 4 members (excludes halogenated alkanes) is 1. The number of ether oxygens (including phenoxy) is 2. The van der Waals surface area contributed by atoms with Crippen LogP contribution in [0, 0.1) is 20.2 Å². The van der Waals surface area contributed by atoms with Gasteiger partial charge in [-0.05, 0) is 51.7 Å². The fourth-order valence-electron chi connectivity index (χ4n) is 3.53. The summed E-state index contributed by atoms with van der Waals surface area (Å²) in [6, 6.07) is 12.0. The molecular formula is C29H41BrN2O8. The minimum atomic E-state index is -0.750. The lowest BCUT2D eigenvalue weighted by molar-refractivity contribution is -0.385. The fraction of sp³-hybridized carbons (Fsp3) is 0.517. The molecule has 40 heavy (non-hydrogen) atoms. The van der Waals surface area contributed by atoms with Gasteiger partial charge in [-0.3, -0.25) is 29.8 Å². The highest BCUT2D eigenvalue weighted by Crippen LogP contribution is 2.31. The number of benzene rings is 2. The third-order valence-corrected chi connectivity index (χ3v) is 6.48. The first-order valence-electron chi connectivity index (χ1n) is 13.3. The van der Waals surface area contributed by atoms with Crippen LogP contribution in [-0.4, -0.2) is 40.3 Å². The number of nitrogens with zero attached hydrogens (tertiary/aromatic N) is 2. The van der Waals surface area contributed by atoms with Gasteiger partial charge in [-0.2, -0.15) is 0 Å². The topological polar surface area (TPSA) is 139 Å². The van der Waals surface area contributed by atoms with E-state index in [0.717, 1.165) is 17.3 Å². The van der Waals surface area contributed by atoms with Crippen LogP contribution in [0.3, 0.4) is 0 Å². The molecule has 0 spiro atoms. The van der Waals surface area contributed by atoms with Gasteiger partial charge >= 0.3 is 11.9 Å². The van der Waals surface area contributed by atoms with Crippen molar-refractivity contribution in [2.24, 2.45) is 0 Å². The highest BCUT2D eigenvalue weighted by molar-refractivity contribution is 9.09. The van der Waals surface area contributed by atoms with E-state index in [-0.39, 0.29) is 23.3 Å². The van der Waals surface area contributed by atoms with Crippen molar-refractivity contribution in [3.8, 4) is 0 Å². The van der Waals surface area contributed by atoms with Crippen molar-refractivity contribution >= 4 is 39.2 Å². The average Bonchev–Trinajstić information content (AvgIpc) is 2.94. The minimum absolute atomic E-state index is 0.0137. The number of carbonyl (C=O) groups excluding carboxylic acids is 2. The van der Waals surface area contributed by atoms with E-state index in [1.54, 1.807) is 45.0 Å². The van der Waals surface area contributed by atoms with E-state index in [0.29, 0.717) is 25.2 Å². The molecule has 0 amide bonds. The molecule has 222 valence electrons. The molecule has 2 atom stereocenters. The number of alkyl halides is 1. The summed E-state index contributed by atoms with van der Waals surface area (Å²) < 4.78 is 9.98. The van der Waals surface area contributed by atoms with Gasteiger partial charge in [-0.1, -0.05) is 66.9 Å². The van der Waals surface area contributed by atoms with E-state index in [1.165, 1.54) is 37.1 Å². The predicted molar refractivity (Wildman–Crippen MR) is 159 cm³/mol. The van der Waals surface area contributed by atoms with E-state index >= 15 is 0 Å². The summed E-state index contributed by atoms with van der Waals surface area (Å²) in [4.78, 5) is 43.7. The first kappa shape index (κ1) is 36.7. The Bertz CT molecular complexity index is 1060. The Hall–Kier alpha value is -3.34. The number of hydrogen-bond acceptors (Lipinski definition) is 8. The van der Waals surface area contributed by atoms with Crippen molar-refractivity contribution in [3.63, 3.8) is 0 Å². The molecule has 2 rings (SSSR count). The molecule has 0 saturated carbocycles. The number of rotatable bonds is 12. The van der Waals surface area contributed by atoms with Crippen LogP contribution in [0.25, 0.3) is 0 Å². The van der Waals surface area contributed by atoms with Crippen LogP contribution in [0.15, 0.2) is 48.5 Å². The van der Waals surface area contributed by atoms with Gasteiger partial charge in [0.1, 0.15) is 0 Å². The van der Waals surface area contributed by atoms with Gasteiger partial charge in [0.05, 0.1) is 34.4 Å². The number of hydrogen-bond donors (Lipinski definition) is 0. The van der Waals surface area contributed by atoms with Crippen LogP contribution in [0.4, 0.5) is 11.4 Å². The fourth-order valence-corrected chi connectivity index (χ4v) is 4.09. The van der Waals surface area contributed by atoms with Crippen LogP contribution < -0.4 is 0 Å². The SMILES string of the molecule is CCCC(C)(C(=O)OCC)c1ccc([N+](=O)[O-])cc1.CCCCBr.CCOC(=O)C(C)c1ccc([N+](=O)[O-])cc1. The zero-order valence-corrected chi connectivity index (χ0v) is 25.8. The van der Waals surface area contributed by atoms with E-state index in [2.05, 4.69) is 22.9 Å². The van der Waals surface area contributed by atoms with Crippen LogP contribution in [0.1, 0.15) is 84.3 Å². The second kappa shape index (κ2) is 19.7. The molecule has 0 N–H and O–H groups in total. The third kappa shape index (κ3) is 12.2. The number of halogens is 1. The van der Waals surface area contributed by atoms with Crippen molar-refractivity contribution in [1.29, 1.82) is 0 Å². The van der Waals surface area contributed by atoms with Crippen molar-refractivity contribution in [2.75, 3.05) is 18.5 Å². The van der Waals surface area contributed by atoms with Crippen LogP contribution in [0.5, 0.6) is 0 Å². The number of nitro benzene ring substituents is 2. The standard InChI is InChI=1S/C14H19NO4.C11H13NO4.C4H9Br/c1-4-10-14(3,13(16)19-5-2)11-6-8-12(9-7-11)15(17)18;1-3-16-11(13)8(2)9-4-6-10(7-5-9)12(14)15;1-2-3-4-5/h6-9H,4-5,10H2,1-3H3;4-8H,3H2,1-2H3;2-4H2,1H3. The van der Waals surface area contributed by atoms with Crippen molar-refractivity contribution in [1.82, 2.24) is 0 Å². The zero-order chi connectivity index (χ0) is 30.7. The molecule has 2 aromatic carbocycles. The highest BCUT2D eigenvalue weighted by Gasteiger charge is 2.36. The average molecular weight is 626 g/mol. The van der Waals surface area contributed by atoms with Crippen molar-refractivity contribution < 1.29 is 28.9 Å². The molecule has 2 unspecified atom stereocenters. The second-order valence-corrected chi connectivity index (χ2v) is 9.76. The smallest absolute Gasteiger partial charge is 0.316 e. The monoisotopic (exact) mass is 624 g/mol. The zero-order valence-electron chi connectivity index (χ0n) is 24.2. The van der Waals surface area contributed by atoms with Gasteiger partial charge in [0.15, 0.2) is 0 Å². The Kier molecular flexibility index (Phi) is 18.0. The van der Waals surface area contributed by atoms with Gasteiger partial charge in [-0.15, -0.1) is 0 Å². The van der Waals surface area contributed by atoms with Crippen LogP contribution >= 0.6 is 15.9 Å². The summed E-state index contributed by atoms with van der Waals surface area (Å²) in [6.45, 7) is 11.8. The quantitative estimate of drug-likeness (QED) is 0.101. The summed E-state index contributed by atoms with van der Waals surface area (Å²) in [5.41, 5.74) is 0.744. The number of esters is 2. The lowest BCUT2D eigenvalue weighted by Gasteiger charge is -2.27. The molecule has 11 heteroatoms. The maximum atomic E-state index is 12.1. The van der Waals surface area contributed by atoms with Crippen molar-refractivity contribution in [3.05, 3.63) is 79.9 Å². The van der Waals surface area contributed by atoms with Gasteiger partial charge < -0.3 is 9.47 Å². The maximum Gasteiger partial charge on any atom is 0.316 e. The summed E-state index contributed by atoms with van der Waals surface area (Å²) in [5.74, 6) is -1.01. The van der Waals surface area contributed by atoms with Gasteiger partial charge in [-0.25, -0.2) is 0 Å². The van der Waals surface area contributed by atoms with E-state index < -0.39 is 21.2 Å². The molecule has 2 aromatic rings. The minimum Gasteiger partial charge on any atom is -0.466 e. The Morgan fingerprint density at radius 2 is 1.32 bits per heavy atom. The van der Waals surface area contributed by atoms with E-state index in [9.17, 15) is 29.8 Å². The normalized spacial score (nSPS) is 12.3. The summed E-state index contributed by atoms with van der Waals surface area (Å²) in [7, 11) is 0. The molecule has 0 bridgehead atoms. The Labute approximate surface area is 244 Å². The second-order valence-electron chi connectivity index (χ2n) is 8.97. The third-order valence-electron chi connectivity index (χ3n) is 5.92. The first-order valence-corrected chi connectivity index (χ1v) is 14.4. The number of carbonyl (C=O) groups is 2. The molecule has 0 aliphatic carbocycles. The van der Waals surface area contributed by atoms with Gasteiger partial charge in [0.2, 0.25) is 0 Å². The lowest BCUT2D eigenvalue weighted by atomic mass is 9.78. The molecule has 0 aliphatic heterocycles. The van der Waals surface area contributed by atoms with Gasteiger partial charge in [0, 0.05) is 29.6 Å². The molecule has 0 radical (unpaired) electrons. The van der Waals surface area contributed by atoms with E-state index in [4.69, 9.17) is 9.47 Å². The Morgan fingerprint density at radius 3 is 1.68 bits per heavy atom. The lowest BCUT2D eigenvalue weighted by Crippen LogP contribution is -2.34. The molecule has 0 fully saturated rings. The largest absolute Gasteiger partial charge is 0.466 e. The molecule has 0 aromatic heterocycles. The Morgan fingerprint density at radius 1 is 0.850 bits per heavy atom. The summed E-state index contributed by atoms with van der Waals surface area (Å²) >= 11 is 3.31. The molecule has 0 aliphatic rings. The highest BCUT2D eigenvalue weighted by atomic mass is 79.9. The maximum absolute atomic E-state index is 12.1. The molecule has 0 heterocycles. The van der Waals surface area contributed by atoms with Crippen LogP contribution in [-0.2, 0) is 24.5 Å². The van der Waals surface area contributed by atoms with E-state index in [1.807, 2.05) is 13.8 Å². The summed E-state index contributed by atoms with van der Waals surface area (Å²) in [5, 5.41) is 22.2. The van der Waals surface area contributed by atoms with Gasteiger partial charge in [0.25, 0.3) is 11.4 Å². The molecule has 10 nitrogen and oxygen atoms in total. The molecular weight excluding hydrogens is 584 g/mol.